The van der Waals surface area contributed by atoms with Gasteiger partial charge in [0.25, 0.3) is 5.91 Å². The molecule has 0 fully saturated rings. The maximum Gasteiger partial charge on any atom is 0.258 e. The van der Waals surface area contributed by atoms with Crippen molar-refractivity contribution in [1.29, 1.82) is 0 Å². The van der Waals surface area contributed by atoms with Gasteiger partial charge in [-0.15, -0.1) is 11.3 Å². The second kappa shape index (κ2) is 7.08. The van der Waals surface area contributed by atoms with Gasteiger partial charge in [-0.2, -0.15) is 0 Å². The Morgan fingerprint density at radius 2 is 1.90 bits per heavy atom. The van der Waals surface area contributed by atoms with Crippen LogP contribution in [0.25, 0.3) is 0 Å². The molecule has 1 amide bonds. The van der Waals surface area contributed by atoms with Crippen molar-refractivity contribution in [1.82, 2.24) is 10.3 Å². The molecule has 0 spiro atoms. The lowest BCUT2D eigenvalue weighted by Gasteiger charge is -2.07. The lowest BCUT2D eigenvalue weighted by atomic mass is 10.3. The molecule has 1 aromatic heterocycles. The number of rotatable bonds is 6. The summed E-state index contributed by atoms with van der Waals surface area (Å²) in [5.41, 5.74) is 0.967. The van der Waals surface area contributed by atoms with Crippen molar-refractivity contribution in [2.24, 2.45) is 0 Å². The Morgan fingerprint density at radius 3 is 2.48 bits per heavy atom. The highest BCUT2D eigenvalue weighted by Crippen LogP contribution is 2.17. The number of aromatic nitrogens is 1. The van der Waals surface area contributed by atoms with Crippen molar-refractivity contribution >= 4 is 17.2 Å². The van der Waals surface area contributed by atoms with Crippen LogP contribution < -0.4 is 14.8 Å². The van der Waals surface area contributed by atoms with Gasteiger partial charge < -0.3 is 14.8 Å². The van der Waals surface area contributed by atoms with Gasteiger partial charge in [-0.1, -0.05) is 0 Å². The van der Waals surface area contributed by atoms with E-state index >= 15 is 0 Å². The Labute approximate surface area is 127 Å². The van der Waals surface area contributed by atoms with Crippen molar-refractivity contribution in [3.05, 3.63) is 39.8 Å². The Hall–Kier alpha value is -2.08. The maximum absolute atomic E-state index is 11.8. The largest absolute Gasteiger partial charge is 0.497 e. The monoisotopic (exact) mass is 306 g/mol. The van der Waals surface area contributed by atoms with E-state index in [9.17, 15) is 4.79 Å². The summed E-state index contributed by atoms with van der Waals surface area (Å²) in [6, 6.07) is 7.11. The Morgan fingerprint density at radius 1 is 1.24 bits per heavy atom. The first-order chi connectivity index (χ1) is 10.1. The number of nitrogens with one attached hydrogen (secondary N) is 1. The zero-order chi connectivity index (χ0) is 15.2. The topological polar surface area (TPSA) is 60.5 Å². The molecule has 0 aliphatic carbocycles. The van der Waals surface area contributed by atoms with Crippen LogP contribution in [-0.2, 0) is 11.3 Å². The summed E-state index contributed by atoms with van der Waals surface area (Å²) in [6.45, 7) is 4.37. The number of aryl methyl sites for hydroxylation is 2. The minimum absolute atomic E-state index is 0.0108. The number of carbonyl (C=O) groups excluding carboxylic acids is 1. The quantitative estimate of drug-likeness (QED) is 0.890. The third kappa shape index (κ3) is 4.46. The summed E-state index contributed by atoms with van der Waals surface area (Å²) >= 11 is 1.59. The minimum Gasteiger partial charge on any atom is -0.497 e. The first-order valence-corrected chi connectivity index (χ1v) is 7.36. The molecule has 0 saturated heterocycles. The SMILES string of the molecule is COc1ccc(OCC(=O)NCc2sc(C)nc2C)cc1. The van der Waals surface area contributed by atoms with Crippen molar-refractivity contribution in [3.63, 3.8) is 0 Å². The van der Waals surface area contributed by atoms with E-state index < -0.39 is 0 Å². The molecule has 0 atom stereocenters. The molecule has 1 aromatic carbocycles. The smallest absolute Gasteiger partial charge is 0.258 e. The highest BCUT2D eigenvalue weighted by atomic mass is 32.1. The third-order valence-electron chi connectivity index (χ3n) is 2.88. The molecule has 1 N–H and O–H groups in total. The highest BCUT2D eigenvalue weighted by Gasteiger charge is 2.07. The molecule has 112 valence electrons. The van der Waals surface area contributed by atoms with E-state index in [1.54, 1.807) is 42.7 Å². The Bertz CT molecular complexity index is 608. The molecule has 6 heteroatoms. The molecular formula is C15H18N2O3S. The Kier molecular flexibility index (Phi) is 5.16. The molecular weight excluding hydrogens is 288 g/mol. The van der Waals surface area contributed by atoms with E-state index in [-0.39, 0.29) is 12.5 Å². The summed E-state index contributed by atoms with van der Waals surface area (Å²) in [4.78, 5) is 17.2. The molecule has 0 saturated carbocycles. The summed E-state index contributed by atoms with van der Waals surface area (Å²) in [7, 11) is 1.60. The number of carbonyl (C=O) groups is 1. The van der Waals surface area contributed by atoms with Gasteiger partial charge in [0.05, 0.1) is 24.4 Å². The fourth-order valence-electron chi connectivity index (χ4n) is 1.79. The normalized spacial score (nSPS) is 10.2. The predicted molar refractivity (Wildman–Crippen MR) is 81.9 cm³/mol. The zero-order valence-corrected chi connectivity index (χ0v) is 13.1. The fraction of sp³-hybridized carbons (Fsp3) is 0.333. The van der Waals surface area contributed by atoms with Crippen LogP contribution in [0.2, 0.25) is 0 Å². The molecule has 2 rings (SSSR count). The number of hydrogen-bond donors (Lipinski definition) is 1. The van der Waals surface area contributed by atoms with Gasteiger partial charge in [0.1, 0.15) is 11.5 Å². The standard InChI is InChI=1S/C15H18N2O3S/c1-10-14(21-11(2)17-10)8-16-15(18)9-20-13-6-4-12(19-3)5-7-13/h4-7H,8-9H2,1-3H3,(H,16,18). The maximum atomic E-state index is 11.8. The predicted octanol–water partition coefficient (Wildman–Crippen LogP) is 2.46. The van der Waals surface area contributed by atoms with Gasteiger partial charge in [-0.25, -0.2) is 4.98 Å². The van der Waals surface area contributed by atoms with E-state index in [4.69, 9.17) is 9.47 Å². The van der Waals surface area contributed by atoms with Crippen molar-refractivity contribution in [3.8, 4) is 11.5 Å². The number of nitrogens with zero attached hydrogens (tertiary/aromatic N) is 1. The van der Waals surface area contributed by atoms with Crippen LogP contribution in [0.15, 0.2) is 24.3 Å². The second-order valence-electron chi connectivity index (χ2n) is 4.48. The summed E-state index contributed by atoms with van der Waals surface area (Å²) < 4.78 is 10.5. The van der Waals surface area contributed by atoms with Gasteiger partial charge in [0, 0.05) is 4.88 Å². The summed E-state index contributed by atoms with van der Waals surface area (Å²) in [5.74, 6) is 1.23. The average molecular weight is 306 g/mol. The summed E-state index contributed by atoms with van der Waals surface area (Å²) in [5, 5.41) is 3.83. The molecule has 0 unspecified atom stereocenters. The van der Waals surface area contributed by atoms with Crippen molar-refractivity contribution in [2.45, 2.75) is 20.4 Å². The third-order valence-corrected chi connectivity index (χ3v) is 3.95. The van der Waals surface area contributed by atoms with Gasteiger partial charge >= 0.3 is 0 Å². The fourth-order valence-corrected chi connectivity index (χ4v) is 2.67. The van der Waals surface area contributed by atoms with Crippen molar-refractivity contribution < 1.29 is 14.3 Å². The van der Waals surface area contributed by atoms with Crippen LogP contribution in [0.1, 0.15) is 15.6 Å². The van der Waals surface area contributed by atoms with Crippen LogP contribution >= 0.6 is 11.3 Å². The van der Waals surface area contributed by atoms with E-state index in [2.05, 4.69) is 10.3 Å². The molecule has 0 bridgehead atoms. The molecule has 0 aliphatic heterocycles. The van der Waals surface area contributed by atoms with Crippen LogP contribution in [0.4, 0.5) is 0 Å². The van der Waals surface area contributed by atoms with Gasteiger partial charge in [-0.05, 0) is 38.1 Å². The van der Waals surface area contributed by atoms with E-state index in [0.29, 0.717) is 12.3 Å². The van der Waals surface area contributed by atoms with Crippen LogP contribution in [-0.4, -0.2) is 24.6 Å². The average Bonchev–Trinajstić information content (AvgIpc) is 2.81. The first-order valence-electron chi connectivity index (χ1n) is 6.55. The van der Waals surface area contributed by atoms with E-state index in [1.807, 2.05) is 13.8 Å². The number of amides is 1. The van der Waals surface area contributed by atoms with Crippen molar-refractivity contribution in [2.75, 3.05) is 13.7 Å². The molecule has 2 aromatic rings. The molecule has 1 heterocycles. The van der Waals surface area contributed by atoms with Gasteiger partial charge in [0.15, 0.2) is 6.61 Å². The lowest BCUT2D eigenvalue weighted by molar-refractivity contribution is -0.123. The number of benzene rings is 1. The van der Waals surface area contributed by atoms with E-state index in [1.165, 1.54) is 0 Å². The van der Waals surface area contributed by atoms with Crippen LogP contribution in [0.5, 0.6) is 11.5 Å². The summed E-state index contributed by atoms with van der Waals surface area (Å²) in [6.07, 6.45) is 0. The Balaban J connectivity index is 1.78. The first kappa shape index (κ1) is 15.3. The molecule has 0 aliphatic rings. The van der Waals surface area contributed by atoms with Crippen LogP contribution in [0.3, 0.4) is 0 Å². The van der Waals surface area contributed by atoms with Gasteiger partial charge in [0.2, 0.25) is 0 Å². The number of thiazole rings is 1. The zero-order valence-electron chi connectivity index (χ0n) is 12.3. The van der Waals surface area contributed by atoms with E-state index in [0.717, 1.165) is 21.3 Å². The van der Waals surface area contributed by atoms with Crippen LogP contribution in [0, 0.1) is 13.8 Å². The number of methoxy groups -OCH3 is 1. The molecule has 21 heavy (non-hydrogen) atoms. The highest BCUT2D eigenvalue weighted by molar-refractivity contribution is 7.11. The minimum atomic E-state index is -0.156. The molecule has 0 radical (unpaired) electrons. The van der Waals surface area contributed by atoms with Gasteiger partial charge in [-0.3, -0.25) is 4.79 Å². The molecule has 5 nitrogen and oxygen atoms in total. The number of ether oxygens (including phenoxy) is 2. The number of hydrogen-bond acceptors (Lipinski definition) is 5. The lowest BCUT2D eigenvalue weighted by Crippen LogP contribution is -2.28. The second-order valence-corrected chi connectivity index (χ2v) is 5.77.